The van der Waals surface area contributed by atoms with Crippen LogP contribution in [-0.4, -0.2) is 44.2 Å². The summed E-state index contributed by atoms with van der Waals surface area (Å²) in [6, 6.07) is 2.90. The van der Waals surface area contributed by atoms with Gasteiger partial charge in [0.2, 0.25) is 0 Å². The van der Waals surface area contributed by atoms with Crippen molar-refractivity contribution in [2.24, 2.45) is 5.73 Å². The van der Waals surface area contributed by atoms with Gasteiger partial charge in [-0.1, -0.05) is 0 Å². The molecule has 0 aromatic heterocycles. The third-order valence-corrected chi connectivity index (χ3v) is 3.63. The van der Waals surface area contributed by atoms with Crippen molar-refractivity contribution in [1.29, 1.82) is 0 Å². The summed E-state index contributed by atoms with van der Waals surface area (Å²) in [5, 5.41) is 0. The van der Waals surface area contributed by atoms with E-state index < -0.39 is 11.6 Å². The Balaban J connectivity index is 2.29. The van der Waals surface area contributed by atoms with Crippen molar-refractivity contribution < 1.29 is 8.78 Å². The first-order chi connectivity index (χ1) is 9.02. The van der Waals surface area contributed by atoms with E-state index in [9.17, 15) is 8.78 Å². The number of nitrogens with zero attached hydrogens (tertiary/aromatic N) is 2. The molecule has 1 saturated heterocycles. The predicted molar refractivity (Wildman–Crippen MR) is 73.4 cm³/mol. The molecular formula is C14H21F2N3. The minimum Gasteiger partial charge on any atom is -0.362 e. The number of benzene rings is 1. The molecule has 0 saturated carbocycles. The van der Waals surface area contributed by atoms with Gasteiger partial charge in [-0.25, -0.2) is 8.78 Å². The molecule has 0 amide bonds. The molecule has 1 unspecified atom stereocenters. The lowest BCUT2D eigenvalue weighted by Crippen LogP contribution is -2.51. The second-order valence-corrected chi connectivity index (χ2v) is 5.25. The van der Waals surface area contributed by atoms with Gasteiger partial charge in [0.1, 0.15) is 17.3 Å². The van der Waals surface area contributed by atoms with Crippen LogP contribution < -0.4 is 10.6 Å². The summed E-state index contributed by atoms with van der Waals surface area (Å²) >= 11 is 0. The van der Waals surface area contributed by atoms with E-state index in [0.29, 0.717) is 25.1 Å². The number of anilines is 1. The van der Waals surface area contributed by atoms with Crippen molar-refractivity contribution in [3.05, 3.63) is 29.3 Å². The van der Waals surface area contributed by atoms with Gasteiger partial charge in [-0.3, -0.25) is 0 Å². The Kier molecular flexibility index (Phi) is 4.37. The molecule has 1 aliphatic rings. The first kappa shape index (κ1) is 14.2. The first-order valence-corrected chi connectivity index (χ1v) is 6.66. The number of halogens is 2. The summed E-state index contributed by atoms with van der Waals surface area (Å²) in [7, 11) is 2.02. The van der Waals surface area contributed by atoms with Crippen LogP contribution in [0.2, 0.25) is 0 Å². The van der Waals surface area contributed by atoms with E-state index >= 15 is 0 Å². The average Bonchev–Trinajstić information content (AvgIpc) is 2.31. The van der Waals surface area contributed by atoms with Crippen LogP contribution in [0, 0.1) is 11.6 Å². The van der Waals surface area contributed by atoms with Crippen LogP contribution in [0.4, 0.5) is 14.5 Å². The highest BCUT2D eigenvalue weighted by molar-refractivity contribution is 5.52. The highest BCUT2D eigenvalue weighted by Crippen LogP contribution is 2.28. The third kappa shape index (κ3) is 3.04. The van der Waals surface area contributed by atoms with Gasteiger partial charge in [0.05, 0.1) is 0 Å². The van der Waals surface area contributed by atoms with Crippen molar-refractivity contribution in [3.8, 4) is 0 Å². The maximum absolute atomic E-state index is 14.2. The van der Waals surface area contributed by atoms with Crippen LogP contribution in [0.25, 0.3) is 0 Å². The van der Waals surface area contributed by atoms with Gasteiger partial charge in [-0.2, -0.15) is 0 Å². The van der Waals surface area contributed by atoms with Crippen molar-refractivity contribution >= 4 is 5.69 Å². The molecule has 1 aromatic carbocycles. The van der Waals surface area contributed by atoms with Crippen molar-refractivity contribution in [2.45, 2.75) is 19.4 Å². The Bertz CT molecular complexity index is 427. The molecule has 0 bridgehead atoms. The van der Waals surface area contributed by atoms with Gasteiger partial charge in [-0.15, -0.1) is 0 Å². The smallest absolute Gasteiger partial charge is 0.149 e. The molecule has 1 aliphatic heterocycles. The second-order valence-electron chi connectivity index (χ2n) is 5.25. The third-order valence-electron chi connectivity index (χ3n) is 3.63. The maximum Gasteiger partial charge on any atom is 0.149 e. The molecule has 1 atom stereocenters. The van der Waals surface area contributed by atoms with Crippen LogP contribution in [0.3, 0.4) is 0 Å². The van der Waals surface area contributed by atoms with Crippen LogP contribution in [0.15, 0.2) is 12.1 Å². The Hall–Kier alpha value is -1.20. The SMILES string of the molecule is CC1CN(C)CCN1c1c(F)cc(CCN)cc1F. The standard InChI is InChI=1S/C14H21F2N3/c1-10-9-18(2)5-6-19(10)14-12(15)7-11(3-4-17)8-13(14)16/h7-8,10H,3-6,9,17H2,1-2H3. The van der Waals surface area contributed by atoms with Gasteiger partial charge in [0.15, 0.2) is 0 Å². The number of rotatable bonds is 3. The first-order valence-electron chi connectivity index (χ1n) is 6.66. The minimum atomic E-state index is -0.486. The number of hydrogen-bond donors (Lipinski definition) is 1. The molecule has 106 valence electrons. The Morgan fingerprint density at radius 2 is 1.89 bits per heavy atom. The average molecular weight is 269 g/mol. The van der Waals surface area contributed by atoms with Gasteiger partial charge in [0.25, 0.3) is 0 Å². The van der Waals surface area contributed by atoms with E-state index in [-0.39, 0.29) is 11.7 Å². The summed E-state index contributed by atoms with van der Waals surface area (Å²) in [5.41, 5.74) is 6.13. The summed E-state index contributed by atoms with van der Waals surface area (Å²) in [4.78, 5) is 3.98. The molecule has 19 heavy (non-hydrogen) atoms. The van der Waals surface area contributed by atoms with Gasteiger partial charge >= 0.3 is 0 Å². The van der Waals surface area contributed by atoms with E-state index in [1.165, 1.54) is 12.1 Å². The van der Waals surface area contributed by atoms with E-state index in [4.69, 9.17) is 5.73 Å². The number of nitrogens with two attached hydrogens (primary N) is 1. The Morgan fingerprint density at radius 3 is 2.42 bits per heavy atom. The van der Waals surface area contributed by atoms with E-state index in [1.54, 1.807) is 0 Å². The molecule has 1 fully saturated rings. The number of piperazine rings is 1. The topological polar surface area (TPSA) is 32.5 Å². The molecule has 2 N–H and O–H groups in total. The largest absolute Gasteiger partial charge is 0.362 e. The molecule has 5 heteroatoms. The predicted octanol–water partition coefficient (Wildman–Crippen LogP) is 1.61. The van der Waals surface area contributed by atoms with E-state index in [1.807, 2.05) is 18.9 Å². The summed E-state index contributed by atoms with van der Waals surface area (Å²) in [6.45, 7) is 4.64. The van der Waals surface area contributed by atoms with Crippen LogP contribution in [-0.2, 0) is 6.42 Å². The van der Waals surface area contributed by atoms with Crippen LogP contribution in [0.1, 0.15) is 12.5 Å². The van der Waals surface area contributed by atoms with Gasteiger partial charge in [0, 0.05) is 25.7 Å². The van der Waals surface area contributed by atoms with Gasteiger partial charge < -0.3 is 15.5 Å². The van der Waals surface area contributed by atoms with E-state index in [0.717, 1.165) is 13.1 Å². The highest BCUT2D eigenvalue weighted by atomic mass is 19.1. The lowest BCUT2D eigenvalue weighted by atomic mass is 10.1. The molecule has 1 heterocycles. The summed E-state index contributed by atoms with van der Waals surface area (Å²) < 4.78 is 28.3. The Labute approximate surface area is 113 Å². The summed E-state index contributed by atoms with van der Waals surface area (Å²) in [5.74, 6) is -0.972. The van der Waals surface area contributed by atoms with E-state index in [2.05, 4.69) is 4.90 Å². The fourth-order valence-corrected chi connectivity index (χ4v) is 2.68. The lowest BCUT2D eigenvalue weighted by molar-refractivity contribution is 0.273. The molecule has 0 aliphatic carbocycles. The van der Waals surface area contributed by atoms with Crippen molar-refractivity contribution in [2.75, 3.05) is 38.1 Å². The quantitative estimate of drug-likeness (QED) is 0.905. The highest BCUT2D eigenvalue weighted by Gasteiger charge is 2.26. The molecule has 0 spiro atoms. The van der Waals surface area contributed by atoms with Crippen molar-refractivity contribution in [3.63, 3.8) is 0 Å². The zero-order chi connectivity index (χ0) is 14.0. The number of hydrogen-bond acceptors (Lipinski definition) is 3. The monoisotopic (exact) mass is 269 g/mol. The fraction of sp³-hybridized carbons (Fsp3) is 0.571. The van der Waals surface area contributed by atoms with Crippen LogP contribution >= 0.6 is 0 Å². The van der Waals surface area contributed by atoms with Crippen LogP contribution in [0.5, 0.6) is 0 Å². The maximum atomic E-state index is 14.2. The zero-order valence-electron chi connectivity index (χ0n) is 11.5. The fourth-order valence-electron chi connectivity index (χ4n) is 2.68. The van der Waals surface area contributed by atoms with Gasteiger partial charge in [-0.05, 0) is 44.6 Å². The zero-order valence-corrected chi connectivity index (χ0v) is 11.5. The lowest BCUT2D eigenvalue weighted by Gasteiger charge is -2.40. The normalized spacial score (nSPS) is 20.9. The number of likely N-dealkylation sites (N-methyl/N-ethyl adjacent to an activating group) is 1. The molecule has 0 radical (unpaired) electrons. The minimum absolute atomic E-state index is 0.0985. The molecule has 2 rings (SSSR count). The molecular weight excluding hydrogens is 248 g/mol. The summed E-state index contributed by atoms with van der Waals surface area (Å²) in [6.07, 6.45) is 0.492. The second kappa shape index (κ2) is 5.84. The van der Waals surface area contributed by atoms with Crippen molar-refractivity contribution in [1.82, 2.24) is 4.90 Å². The molecule has 3 nitrogen and oxygen atoms in total. The Morgan fingerprint density at radius 1 is 1.26 bits per heavy atom. The molecule has 1 aromatic rings.